The molecule has 0 aliphatic carbocycles. The predicted molar refractivity (Wildman–Crippen MR) is 75.7 cm³/mol. The lowest BCUT2D eigenvalue weighted by Gasteiger charge is -2.36. The molecule has 0 N–H and O–H groups in total. The number of carbonyl (C=O) groups is 1. The number of aromatic nitrogens is 1. The van der Waals surface area contributed by atoms with E-state index in [0.29, 0.717) is 6.04 Å². The van der Waals surface area contributed by atoms with Gasteiger partial charge in [0.15, 0.2) is 0 Å². The maximum Gasteiger partial charge on any atom is 0.270 e. The summed E-state index contributed by atoms with van der Waals surface area (Å²) in [6.07, 6.45) is 4.17. The van der Waals surface area contributed by atoms with Crippen molar-refractivity contribution in [3.8, 4) is 0 Å². The van der Waals surface area contributed by atoms with Crippen molar-refractivity contribution in [2.24, 2.45) is 7.05 Å². The summed E-state index contributed by atoms with van der Waals surface area (Å²) in [6, 6.07) is 2.37. The number of hydrogen-bond donors (Lipinski definition) is 0. The standard InChI is InChI=1S/C13H20BrN3O/c1-15(2)11-5-4-6-17(9-11)13(18)12-7-10(14)8-16(12)3/h7-8,11H,4-6,9H2,1-3H3. The van der Waals surface area contributed by atoms with Crippen molar-refractivity contribution >= 4 is 21.8 Å². The fourth-order valence-corrected chi connectivity index (χ4v) is 2.98. The summed E-state index contributed by atoms with van der Waals surface area (Å²) >= 11 is 3.41. The summed E-state index contributed by atoms with van der Waals surface area (Å²) in [4.78, 5) is 16.6. The molecule has 0 radical (unpaired) electrons. The number of amides is 1. The van der Waals surface area contributed by atoms with Crippen molar-refractivity contribution in [1.29, 1.82) is 0 Å². The first-order chi connectivity index (χ1) is 8.49. The van der Waals surface area contributed by atoms with Gasteiger partial charge in [-0.3, -0.25) is 4.79 Å². The Balaban J connectivity index is 2.11. The highest BCUT2D eigenvalue weighted by atomic mass is 79.9. The van der Waals surface area contributed by atoms with Gasteiger partial charge in [-0.05, 0) is 48.9 Å². The molecule has 0 aromatic carbocycles. The van der Waals surface area contributed by atoms with E-state index in [9.17, 15) is 4.79 Å². The molecule has 0 saturated carbocycles. The third kappa shape index (κ3) is 2.78. The van der Waals surface area contributed by atoms with Crippen LogP contribution in [0.3, 0.4) is 0 Å². The molecule has 1 aromatic rings. The molecular formula is C13H20BrN3O. The molecule has 1 aliphatic rings. The molecule has 0 spiro atoms. The highest BCUT2D eigenvalue weighted by Crippen LogP contribution is 2.19. The Hall–Kier alpha value is -0.810. The van der Waals surface area contributed by atoms with E-state index < -0.39 is 0 Å². The molecule has 0 bridgehead atoms. The molecule has 1 aliphatic heterocycles. The second-order valence-corrected chi connectivity index (χ2v) is 6.08. The van der Waals surface area contributed by atoms with Crippen LogP contribution in [0.25, 0.3) is 0 Å². The largest absolute Gasteiger partial charge is 0.345 e. The summed E-state index contributed by atoms with van der Waals surface area (Å²) in [5.74, 6) is 0.134. The molecule has 5 heteroatoms. The number of nitrogens with zero attached hydrogens (tertiary/aromatic N) is 3. The smallest absolute Gasteiger partial charge is 0.270 e. The van der Waals surface area contributed by atoms with Crippen LogP contribution in [0.1, 0.15) is 23.3 Å². The fraction of sp³-hybridized carbons (Fsp3) is 0.615. The first kappa shape index (κ1) is 13.6. The molecule has 18 heavy (non-hydrogen) atoms. The van der Waals surface area contributed by atoms with E-state index in [1.165, 1.54) is 6.42 Å². The normalized spacial score (nSPS) is 20.5. The SMILES string of the molecule is CN(C)C1CCCN(C(=O)c2cc(Br)cn2C)C1. The molecule has 1 unspecified atom stereocenters. The summed E-state index contributed by atoms with van der Waals surface area (Å²) in [5, 5.41) is 0. The molecule has 1 atom stereocenters. The monoisotopic (exact) mass is 313 g/mol. The van der Waals surface area contributed by atoms with Crippen LogP contribution in [-0.2, 0) is 7.05 Å². The molecule has 2 rings (SSSR count). The zero-order valence-electron chi connectivity index (χ0n) is 11.2. The van der Waals surface area contributed by atoms with Gasteiger partial charge in [0.2, 0.25) is 0 Å². The van der Waals surface area contributed by atoms with Gasteiger partial charge in [0.1, 0.15) is 5.69 Å². The minimum absolute atomic E-state index is 0.134. The van der Waals surface area contributed by atoms with E-state index in [1.54, 1.807) is 0 Å². The number of rotatable bonds is 2. The van der Waals surface area contributed by atoms with Gasteiger partial charge >= 0.3 is 0 Å². The van der Waals surface area contributed by atoms with Crippen molar-refractivity contribution < 1.29 is 4.79 Å². The molecule has 100 valence electrons. The van der Waals surface area contributed by atoms with Gasteiger partial charge in [0, 0.05) is 36.8 Å². The van der Waals surface area contributed by atoms with Gasteiger partial charge in [-0.15, -0.1) is 0 Å². The molecular weight excluding hydrogens is 294 g/mol. The average molecular weight is 314 g/mol. The number of carbonyl (C=O) groups excluding carboxylic acids is 1. The minimum atomic E-state index is 0.134. The van der Waals surface area contributed by atoms with Crippen molar-refractivity contribution in [2.45, 2.75) is 18.9 Å². The third-order valence-corrected chi connectivity index (χ3v) is 4.04. The Morgan fingerprint density at radius 2 is 2.22 bits per heavy atom. The number of likely N-dealkylation sites (N-methyl/N-ethyl adjacent to an activating group) is 1. The third-order valence-electron chi connectivity index (χ3n) is 3.60. The highest BCUT2D eigenvalue weighted by Gasteiger charge is 2.26. The van der Waals surface area contributed by atoms with Crippen molar-refractivity contribution in [3.05, 3.63) is 22.4 Å². The maximum absolute atomic E-state index is 12.5. The molecule has 1 amide bonds. The molecule has 1 aromatic heterocycles. The number of halogens is 1. The quantitative estimate of drug-likeness (QED) is 0.835. The summed E-state index contributed by atoms with van der Waals surface area (Å²) < 4.78 is 2.83. The van der Waals surface area contributed by atoms with Crippen LogP contribution in [0.5, 0.6) is 0 Å². The van der Waals surface area contributed by atoms with Gasteiger partial charge in [-0.1, -0.05) is 0 Å². The van der Waals surface area contributed by atoms with Crippen molar-refractivity contribution in [3.63, 3.8) is 0 Å². The molecule has 1 saturated heterocycles. The van der Waals surface area contributed by atoms with E-state index >= 15 is 0 Å². The first-order valence-electron chi connectivity index (χ1n) is 6.26. The van der Waals surface area contributed by atoms with Gasteiger partial charge in [-0.25, -0.2) is 0 Å². The van der Waals surface area contributed by atoms with E-state index in [4.69, 9.17) is 0 Å². The van der Waals surface area contributed by atoms with E-state index in [1.807, 2.05) is 28.8 Å². The molecule has 2 heterocycles. The number of piperidine rings is 1. The Morgan fingerprint density at radius 3 is 2.78 bits per heavy atom. The van der Waals surface area contributed by atoms with E-state index in [0.717, 1.165) is 29.7 Å². The second kappa shape index (κ2) is 5.45. The summed E-state index contributed by atoms with van der Waals surface area (Å²) in [6.45, 7) is 1.70. The highest BCUT2D eigenvalue weighted by molar-refractivity contribution is 9.10. The number of likely N-dealkylation sites (tertiary alicyclic amines) is 1. The van der Waals surface area contributed by atoms with E-state index in [-0.39, 0.29) is 5.91 Å². The van der Waals surface area contributed by atoms with Gasteiger partial charge in [-0.2, -0.15) is 0 Å². The summed E-state index contributed by atoms with van der Waals surface area (Å²) in [5.41, 5.74) is 0.751. The Morgan fingerprint density at radius 1 is 1.50 bits per heavy atom. The lowest BCUT2D eigenvalue weighted by Crippen LogP contribution is -2.47. The fourth-order valence-electron chi connectivity index (χ4n) is 2.46. The number of aryl methyl sites for hydroxylation is 1. The minimum Gasteiger partial charge on any atom is -0.345 e. The van der Waals surface area contributed by atoms with Crippen LogP contribution < -0.4 is 0 Å². The van der Waals surface area contributed by atoms with Crippen LogP contribution >= 0.6 is 15.9 Å². The lowest BCUT2D eigenvalue weighted by atomic mass is 10.0. The van der Waals surface area contributed by atoms with Gasteiger partial charge in [0.05, 0.1) is 0 Å². The van der Waals surface area contributed by atoms with Gasteiger partial charge in [0.25, 0.3) is 5.91 Å². The van der Waals surface area contributed by atoms with Crippen LogP contribution in [0.2, 0.25) is 0 Å². The van der Waals surface area contributed by atoms with Crippen LogP contribution in [0.15, 0.2) is 16.7 Å². The number of hydrogen-bond acceptors (Lipinski definition) is 2. The topological polar surface area (TPSA) is 28.5 Å². The van der Waals surface area contributed by atoms with Crippen LogP contribution in [0, 0.1) is 0 Å². The Labute approximate surface area is 117 Å². The van der Waals surface area contributed by atoms with Crippen LogP contribution in [0.4, 0.5) is 0 Å². The zero-order valence-corrected chi connectivity index (χ0v) is 12.8. The zero-order chi connectivity index (χ0) is 13.3. The first-order valence-corrected chi connectivity index (χ1v) is 7.06. The molecule has 4 nitrogen and oxygen atoms in total. The lowest BCUT2D eigenvalue weighted by molar-refractivity contribution is 0.0626. The molecule has 1 fully saturated rings. The maximum atomic E-state index is 12.5. The van der Waals surface area contributed by atoms with Crippen LogP contribution in [-0.4, -0.2) is 53.5 Å². The second-order valence-electron chi connectivity index (χ2n) is 5.17. The van der Waals surface area contributed by atoms with Gasteiger partial charge < -0.3 is 14.4 Å². The van der Waals surface area contributed by atoms with Crippen molar-refractivity contribution in [2.75, 3.05) is 27.2 Å². The van der Waals surface area contributed by atoms with E-state index in [2.05, 4.69) is 34.9 Å². The van der Waals surface area contributed by atoms with Crippen molar-refractivity contribution in [1.82, 2.24) is 14.4 Å². The Kier molecular flexibility index (Phi) is 4.12. The summed E-state index contributed by atoms with van der Waals surface area (Å²) in [7, 11) is 6.07. The predicted octanol–water partition coefficient (Wildman–Crippen LogP) is 1.95. The average Bonchev–Trinajstić information content (AvgIpc) is 2.67. The Bertz CT molecular complexity index is 441.